The molecule has 0 bridgehead atoms. The van der Waals surface area contributed by atoms with Gasteiger partial charge in [-0.1, -0.05) is 36.4 Å². The van der Waals surface area contributed by atoms with Gasteiger partial charge in [0, 0.05) is 44.0 Å². The van der Waals surface area contributed by atoms with Crippen molar-refractivity contribution in [3.05, 3.63) is 83.9 Å². The number of benzene rings is 3. The van der Waals surface area contributed by atoms with Crippen LogP contribution in [0.3, 0.4) is 0 Å². The largest absolute Gasteiger partial charge is 0.336 e. The zero-order valence-electron chi connectivity index (χ0n) is 17.5. The van der Waals surface area contributed by atoms with Gasteiger partial charge in [-0.2, -0.15) is 0 Å². The predicted molar refractivity (Wildman–Crippen MR) is 125 cm³/mol. The number of anilines is 1. The molecule has 5 rings (SSSR count). The summed E-state index contributed by atoms with van der Waals surface area (Å²) in [6.07, 6.45) is 0. The molecule has 162 valence electrons. The fourth-order valence-electron chi connectivity index (χ4n) is 3.79. The van der Waals surface area contributed by atoms with Gasteiger partial charge in [0.15, 0.2) is 5.52 Å². The highest BCUT2D eigenvalue weighted by Crippen LogP contribution is 2.27. The number of fused-ring (bicyclic) bond motifs is 1. The quantitative estimate of drug-likeness (QED) is 0.444. The fourth-order valence-corrected chi connectivity index (χ4v) is 4.54. The molecule has 7 nitrogen and oxygen atoms in total. The van der Waals surface area contributed by atoms with E-state index in [9.17, 15) is 4.79 Å². The molecule has 1 fully saturated rings. The van der Waals surface area contributed by atoms with E-state index in [0.29, 0.717) is 5.56 Å². The molecule has 0 spiro atoms. The van der Waals surface area contributed by atoms with Crippen LogP contribution in [-0.2, 0) is 6.54 Å². The maximum Gasteiger partial charge on any atom is 0.253 e. The molecule has 0 unspecified atom stereocenters. The standard InChI is InChI=1S/C24H23N5O2S/c30-24(29-15-13-28(14-16-29)17-18-5-2-1-3-6-18)19-9-11-20(12-10-19)27-32-22-8-4-7-21-23(22)26-31-25-21/h1-12,27H,13-17H2. The van der Waals surface area contributed by atoms with Crippen LogP contribution in [0.4, 0.5) is 5.69 Å². The second-order valence-electron chi connectivity index (χ2n) is 7.72. The summed E-state index contributed by atoms with van der Waals surface area (Å²) < 4.78 is 8.10. The summed E-state index contributed by atoms with van der Waals surface area (Å²) in [6, 6.07) is 23.8. The van der Waals surface area contributed by atoms with E-state index in [-0.39, 0.29) is 5.91 Å². The summed E-state index contributed by atoms with van der Waals surface area (Å²) in [6.45, 7) is 4.20. The van der Waals surface area contributed by atoms with Gasteiger partial charge < -0.3 is 9.62 Å². The molecule has 0 radical (unpaired) electrons. The maximum absolute atomic E-state index is 12.9. The smallest absolute Gasteiger partial charge is 0.253 e. The number of piperazine rings is 1. The van der Waals surface area contributed by atoms with Crippen molar-refractivity contribution >= 4 is 34.6 Å². The van der Waals surface area contributed by atoms with E-state index in [1.165, 1.54) is 17.5 Å². The van der Waals surface area contributed by atoms with Crippen LogP contribution in [0.15, 0.2) is 82.3 Å². The molecule has 1 aliphatic rings. The van der Waals surface area contributed by atoms with E-state index in [0.717, 1.165) is 54.3 Å². The van der Waals surface area contributed by atoms with Crippen LogP contribution in [0.25, 0.3) is 11.0 Å². The van der Waals surface area contributed by atoms with Crippen molar-refractivity contribution < 1.29 is 9.42 Å². The molecule has 1 saturated heterocycles. The Bertz CT molecular complexity index is 1190. The zero-order valence-corrected chi connectivity index (χ0v) is 18.3. The molecule has 0 saturated carbocycles. The van der Waals surface area contributed by atoms with Crippen LogP contribution >= 0.6 is 11.9 Å². The van der Waals surface area contributed by atoms with Crippen LogP contribution in [0.2, 0.25) is 0 Å². The number of carbonyl (C=O) groups is 1. The zero-order chi connectivity index (χ0) is 21.8. The predicted octanol–water partition coefficient (Wildman–Crippen LogP) is 4.30. The molecule has 2 heterocycles. The van der Waals surface area contributed by atoms with Gasteiger partial charge in [-0.25, -0.2) is 4.63 Å². The molecule has 3 aromatic carbocycles. The lowest BCUT2D eigenvalue weighted by Crippen LogP contribution is -2.48. The third kappa shape index (κ3) is 4.61. The highest BCUT2D eigenvalue weighted by Gasteiger charge is 2.22. The monoisotopic (exact) mass is 445 g/mol. The van der Waals surface area contributed by atoms with Gasteiger partial charge in [0.1, 0.15) is 5.52 Å². The molecule has 8 heteroatoms. The first-order chi connectivity index (χ1) is 15.8. The molecule has 1 aromatic heterocycles. The van der Waals surface area contributed by atoms with Gasteiger partial charge >= 0.3 is 0 Å². The van der Waals surface area contributed by atoms with Gasteiger partial charge in [0.2, 0.25) is 0 Å². The lowest BCUT2D eigenvalue weighted by atomic mass is 10.1. The minimum absolute atomic E-state index is 0.0852. The average molecular weight is 446 g/mol. The number of nitrogens with zero attached hydrogens (tertiary/aromatic N) is 4. The van der Waals surface area contributed by atoms with Crippen molar-refractivity contribution in [2.45, 2.75) is 11.4 Å². The fraction of sp³-hybridized carbons (Fsp3) is 0.208. The number of aromatic nitrogens is 2. The molecule has 4 aromatic rings. The van der Waals surface area contributed by atoms with Crippen molar-refractivity contribution in [1.82, 2.24) is 20.1 Å². The average Bonchev–Trinajstić information content (AvgIpc) is 3.33. The highest BCUT2D eigenvalue weighted by atomic mass is 32.2. The topological polar surface area (TPSA) is 74.5 Å². The second-order valence-corrected chi connectivity index (χ2v) is 8.57. The highest BCUT2D eigenvalue weighted by molar-refractivity contribution is 8.00. The maximum atomic E-state index is 12.9. The SMILES string of the molecule is O=C(c1ccc(NSc2cccc3nonc23)cc1)N1CCN(Cc2ccccc2)CC1. The minimum atomic E-state index is 0.0852. The number of rotatable bonds is 6. The summed E-state index contributed by atoms with van der Waals surface area (Å²) in [4.78, 5) is 18.2. The lowest BCUT2D eigenvalue weighted by Gasteiger charge is -2.34. The number of amides is 1. The van der Waals surface area contributed by atoms with Gasteiger partial charge in [0.25, 0.3) is 5.91 Å². The second kappa shape index (κ2) is 9.42. The first kappa shape index (κ1) is 20.5. The van der Waals surface area contributed by atoms with Crippen molar-refractivity contribution in [1.29, 1.82) is 0 Å². The van der Waals surface area contributed by atoms with Gasteiger partial charge in [-0.05, 0) is 64.2 Å². The Morgan fingerprint density at radius 3 is 2.47 bits per heavy atom. The van der Waals surface area contributed by atoms with Gasteiger partial charge in [0.05, 0.1) is 4.90 Å². The Balaban J connectivity index is 1.15. The van der Waals surface area contributed by atoms with E-state index in [4.69, 9.17) is 4.63 Å². The van der Waals surface area contributed by atoms with E-state index in [1.54, 1.807) is 0 Å². The van der Waals surface area contributed by atoms with Crippen LogP contribution in [0.1, 0.15) is 15.9 Å². The normalized spacial score (nSPS) is 14.6. The number of hydrogen-bond acceptors (Lipinski definition) is 7. The van der Waals surface area contributed by atoms with Crippen molar-refractivity contribution in [3.63, 3.8) is 0 Å². The van der Waals surface area contributed by atoms with Crippen LogP contribution in [0.5, 0.6) is 0 Å². The summed E-state index contributed by atoms with van der Waals surface area (Å²) in [7, 11) is 0. The molecule has 1 N–H and O–H groups in total. The number of carbonyl (C=O) groups excluding carboxylic acids is 1. The van der Waals surface area contributed by atoms with Crippen molar-refractivity contribution in [2.75, 3.05) is 30.9 Å². The number of nitrogens with one attached hydrogen (secondary N) is 1. The van der Waals surface area contributed by atoms with Crippen LogP contribution < -0.4 is 4.72 Å². The molecule has 32 heavy (non-hydrogen) atoms. The van der Waals surface area contributed by atoms with E-state index >= 15 is 0 Å². The van der Waals surface area contributed by atoms with Gasteiger partial charge in [-0.3, -0.25) is 9.69 Å². The summed E-state index contributed by atoms with van der Waals surface area (Å²) in [5.41, 5.74) is 4.38. The van der Waals surface area contributed by atoms with E-state index in [1.807, 2.05) is 53.4 Å². The molecule has 0 aliphatic carbocycles. The first-order valence-electron chi connectivity index (χ1n) is 10.6. The Labute approximate surface area is 190 Å². The van der Waals surface area contributed by atoms with Gasteiger partial charge in [-0.15, -0.1) is 0 Å². The molecular weight excluding hydrogens is 422 g/mol. The minimum Gasteiger partial charge on any atom is -0.336 e. The van der Waals surface area contributed by atoms with E-state index in [2.05, 4.69) is 44.2 Å². The Hall–Kier alpha value is -3.36. The third-order valence-electron chi connectivity index (χ3n) is 5.57. The summed E-state index contributed by atoms with van der Waals surface area (Å²) in [5, 5.41) is 7.81. The van der Waals surface area contributed by atoms with Crippen molar-refractivity contribution in [2.24, 2.45) is 0 Å². The van der Waals surface area contributed by atoms with E-state index < -0.39 is 0 Å². The van der Waals surface area contributed by atoms with Crippen LogP contribution in [0, 0.1) is 0 Å². The summed E-state index contributed by atoms with van der Waals surface area (Å²) >= 11 is 1.44. The van der Waals surface area contributed by atoms with Crippen LogP contribution in [-0.4, -0.2) is 52.2 Å². The van der Waals surface area contributed by atoms with Crippen molar-refractivity contribution in [3.8, 4) is 0 Å². The third-order valence-corrected chi connectivity index (χ3v) is 6.46. The Morgan fingerprint density at radius 2 is 1.69 bits per heavy atom. The first-order valence-corrected chi connectivity index (χ1v) is 11.4. The molecular formula is C24H23N5O2S. The lowest BCUT2D eigenvalue weighted by molar-refractivity contribution is 0.0628. The summed E-state index contributed by atoms with van der Waals surface area (Å²) in [5.74, 6) is 0.0852. The molecule has 1 amide bonds. The molecule has 1 aliphatic heterocycles. The number of hydrogen-bond donors (Lipinski definition) is 1. The Morgan fingerprint density at radius 1 is 0.906 bits per heavy atom. The Kier molecular flexibility index (Phi) is 6.04. The molecule has 0 atom stereocenters.